The molecule has 209 valence electrons. The molecule has 4 aromatic carbocycles. The van der Waals surface area contributed by atoms with E-state index in [-0.39, 0.29) is 0 Å². The highest BCUT2D eigenvalue weighted by molar-refractivity contribution is 7.76. The van der Waals surface area contributed by atoms with Crippen LogP contribution in [0.1, 0.15) is 51.4 Å². The van der Waals surface area contributed by atoms with Gasteiger partial charge in [0, 0.05) is 5.66 Å². The fraction of sp³-hybridized carbons (Fsp3) is 0.256. The third kappa shape index (κ3) is 6.87. The second kappa shape index (κ2) is 12.5. The Bertz CT molecular complexity index is 1360. The highest BCUT2D eigenvalue weighted by Crippen LogP contribution is 2.61. The van der Waals surface area contributed by atoms with Crippen LogP contribution in [0.3, 0.4) is 0 Å². The Morgan fingerprint density at radius 1 is 0.415 bits per heavy atom. The van der Waals surface area contributed by atoms with Crippen LogP contribution >= 0.6 is 15.8 Å². The zero-order chi connectivity index (χ0) is 29.4. The summed E-state index contributed by atoms with van der Waals surface area (Å²) in [5.74, 6) is 1.50. The first-order chi connectivity index (χ1) is 19.5. The molecular formula is C39H43P2. The lowest BCUT2D eigenvalue weighted by Crippen LogP contribution is -2.29. The van der Waals surface area contributed by atoms with E-state index in [1.165, 1.54) is 77.3 Å². The molecule has 41 heavy (non-hydrogen) atoms. The molecule has 0 N–H and O–H groups in total. The molecule has 0 nitrogen and oxygen atoms in total. The molecule has 5 rings (SSSR count). The highest BCUT2D eigenvalue weighted by Gasteiger charge is 2.43. The van der Waals surface area contributed by atoms with Gasteiger partial charge in [-0.3, -0.25) is 0 Å². The lowest BCUT2D eigenvalue weighted by atomic mass is 10.0. The summed E-state index contributed by atoms with van der Waals surface area (Å²) in [7, 11) is -1.32. The second-order valence-electron chi connectivity index (χ2n) is 12.1. The van der Waals surface area contributed by atoms with Crippen LogP contribution in [0, 0.1) is 86.2 Å². The molecule has 1 aliphatic rings. The minimum Gasteiger partial charge on any atom is -0.0573 e. The molecule has 1 fully saturated rings. The molecule has 0 aliphatic heterocycles. The van der Waals surface area contributed by atoms with Gasteiger partial charge in [0.25, 0.3) is 0 Å². The monoisotopic (exact) mass is 573 g/mol. The summed E-state index contributed by atoms with van der Waals surface area (Å²) in [6.07, 6.45) is 7.14. The summed E-state index contributed by atoms with van der Waals surface area (Å²) < 4.78 is 0. The smallest absolute Gasteiger partial charge is 0.0201 e. The van der Waals surface area contributed by atoms with Crippen LogP contribution in [0.15, 0.2) is 72.8 Å². The van der Waals surface area contributed by atoms with Crippen molar-refractivity contribution < 1.29 is 0 Å². The highest BCUT2D eigenvalue weighted by atomic mass is 31.1. The van der Waals surface area contributed by atoms with Crippen molar-refractivity contribution in [2.45, 2.75) is 68.0 Å². The summed E-state index contributed by atoms with van der Waals surface area (Å²) in [6.45, 7) is 20.4. The molecule has 0 heterocycles. The number of rotatable bonds is 7. The van der Waals surface area contributed by atoms with Gasteiger partial charge in [-0.15, -0.1) is 0 Å². The van der Waals surface area contributed by atoms with E-state index in [1.54, 1.807) is 0 Å². The van der Waals surface area contributed by atoms with Crippen molar-refractivity contribution in [3.05, 3.63) is 148 Å². The first-order valence-electron chi connectivity index (χ1n) is 14.7. The maximum atomic E-state index is 2.48. The Morgan fingerprint density at radius 2 is 0.732 bits per heavy atom. The van der Waals surface area contributed by atoms with Crippen LogP contribution < -0.4 is 21.2 Å². The van der Waals surface area contributed by atoms with E-state index in [1.807, 2.05) is 0 Å². The van der Waals surface area contributed by atoms with Crippen molar-refractivity contribution >= 4 is 37.1 Å². The molecule has 1 atom stereocenters. The molecule has 2 heteroatoms. The topological polar surface area (TPSA) is 0 Å². The molecular weight excluding hydrogens is 530 g/mol. The Kier molecular flexibility index (Phi) is 9.24. The lowest BCUT2D eigenvalue weighted by molar-refractivity contribution is 1.00. The van der Waals surface area contributed by atoms with E-state index < -0.39 is 15.8 Å². The van der Waals surface area contributed by atoms with Gasteiger partial charge in [0.1, 0.15) is 0 Å². The van der Waals surface area contributed by atoms with E-state index in [2.05, 4.69) is 154 Å². The predicted octanol–water partition coefficient (Wildman–Crippen LogP) is 8.84. The first kappa shape index (κ1) is 30.2. The van der Waals surface area contributed by atoms with E-state index in [9.17, 15) is 0 Å². The van der Waals surface area contributed by atoms with E-state index >= 15 is 0 Å². The average molecular weight is 574 g/mol. The maximum Gasteiger partial charge on any atom is 0.0201 e. The fourth-order valence-corrected chi connectivity index (χ4v) is 12.6. The predicted molar refractivity (Wildman–Crippen MR) is 185 cm³/mol. The molecule has 0 aromatic heterocycles. The van der Waals surface area contributed by atoms with Gasteiger partial charge in [-0.05, 0) is 123 Å². The molecule has 0 unspecified atom stereocenters. The number of hydrogen-bond acceptors (Lipinski definition) is 0. The number of aryl methyl sites for hydroxylation is 8. The maximum absolute atomic E-state index is 2.48. The van der Waals surface area contributed by atoms with Gasteiger partial charge in [-0.2, -0.15) is 0 Å². The van der Waals surface area contributed by atoms with Crippen molar-refractivity contribution in [1.29, 1.82) is 0 Å². The minimum absolute atomic E-state index is 0.374. The SMILES string of the molecule is Cc1cc(C)cc(P([C]2[CH][CH][CH][C]2[C@@H](C)P(c2cc(C)cc(C)c2)c2cc(C)cc(C)c2)c2cc(C)cc(C)c2)c1. The van der Waals surface area contributed by atoms with E-state index in [0.29, 0.717) is 5.66 Å². The molecule has 0 amide bonds. The van der Waals surface area contributed by atoms with Gasteiger partial charge >= 0.3 is 0 Å². The van der Waals surface area contributed by atoms with Gasteiger partial charge < -0.3 is 0 Å². The second-order valence-corrected chi connectivity index (χ2v) is 16.9. The van der Waals surface area contributed by atoms with Gasteiger partial charge in [0.2, 0.25) is 0 Å². The Hall–Kier alpha value is -2.26. The summed E-state index contributed by atoms with van der Waals surface area (Å²) >= 11 is 0. The molecule has 5 radical (unpaired) electrons. The largest absolute Gasteiger partial charge is 0.0573 e. The van der Waals surface area contributed by atoms with Crippen molar-refractivity contribution in [3.63, 3.8) is 0 Å². The summed E-state index contributed by atoms with van der Waals surface area (Å²) in [6, 6.07) is 28.6. The van der Waals surface area contributed by atoms with Crippen LogP contribution in [0.2, 0.25) is 0 Å². The fourth-order valence-electron chi connectivity index (χ4n) is 6.48. The summed E-state index contributed by atoms with van der Waals surface area (Å²) in [4.78, 5) is 0. The molecule has 0 bridgehead atoms. The Labute approximate surface area is 252 Å². The summed E-state index contributed by atoms with van der Waals surface area (Å²) in [5.41, 5.74) is 12.6. The van der Waals surface area contributed by atoms with Crippen LogP contribution in [-0.2, 0) is 0 Å². The van der Waals surface area contributed by atoms with Crippen LogP contribution in [0.25, 0.3) is 0 Å². The normalized spacial score (nSPS) is 15.3. The Morgan fingerprint density at radius 3 is 1.07 bits per heavy atom. The zero-order valence-electron chi connectivity index (χ0n) is 26.1. The first-order valence-corrected chi connectivity index (χ1v) is 17.4. The zero-order valence-corrected chi connectivity index (χ0v) is 27.9. The third-order valence-electron chi connectivity index (χ3n) is 7.80. The van der Waals surface area contributed by atoms with Gasteiger partial charge in [-0.25, -0.2) is 0 Å². The van der Waals surface area contributed by atoms with Crippen molar-refractivity contribution in [1.82, 2.24) is 0 Å². The molecule has 0 saturated heterocycles. The third-order valence-corrected chi connectivity index (χ3v) is 12.9. The quantitative estimate of drug-likeness (QED) is 0.194. The average Bonchev–Trinajstić information content (AvgIpc) is 3.31. The summed E-state index contributed by atoms with van der Waals surface area (Å²) in [5, 5.41) is 5.85. The standard InChI is InChI=1S/C39H43P2/c1-25-13-26(2)18-34(17-25)40(35-19-27(3)14-28(4)20-35)33(9)38-11-10-12-39(38)41(36-21-29(5)15-30(6)22-36)37-23-31(7)16-32(8)24-37/h10-24,33H,1-9H3/t33-/m1/s1. The van der Waals surface area contributed by atoms with Gasteiger partial charge in [0.15, 0.2) is 0 Å². The van der Waals surface area contributed by atoms with Gasteiger partial charge in [0.05, 0.1) is 0 Å². The minimum atomic E-state index is -0.704. The van der Waals surface area contributed by atoms with Crippen LogP contribution in [0.4, 0.5) is 0 Å². The van der Waals surface area contributed by atoms with Gasteiger partial charge in [-0.1, -0.05) is 124 Å². The molecule has 0 spiro atoms. The lowest BCUT2D eigenvalue weighted by Gasteiger charge is -2.37. The molecule has 1 saturated carbocycles. The van der Waals surface area contributed by atoms with Crippen LogP contribution in [-0.4, -0.2) is 5.66 Å². The molecule has 1 aliphatic carbocycles. The van der Waals surface area contributed by atoms with Crippen molar-refractivity contribution in [2.24, 2.45) is 0 Å². The van der Waals surface area contributed by atoms with E-state index in [0.717, 1.165) is 0 Å². The number of benzene rings is 4. The molecule has 4 aromatic rings. The van der Waals surface area contributed by atoms with Crippen molar-refractivity contribution in [3.8, 4) is 0 Å². The van der Waals surface area contributed by atoms with E-state index in [4.69, 9.17) is 0 Å². The van der Waals surface area contributed by atoms with Crippen molar-refractivity contribution in [2.75, 3.05) is 0 Å². The Balaban J connectivity index is 1.65. The number of hydrogen-bond donors (Lipinski definition) is 0. The van der Waals surface area contributed by atoms with Crippen LogP contribution in [0.5, 0.6) is 0 Å².